The fraction of sp³-hybridized carbons (Fsp3) is 1.00. The average Bonchev–Trinajstić information content (AvgIpc) is 2.58. The topological polar surface area (TPSA) is 18.5 Å². The number of ether oxygens (including phenoxy) is 2. The molecule has 0 bridgehead atoms. The molecule has 0 aromatic heterocycles. The van der Waals surface area contributed by atoms with Crippen LogP contribution in [0.4, 0.5) is 0 Å². The van der Waals surface area contributed by atoms with Crippen molar-refractivity contribution in [2.75, 3.05) is 6.61 Å². The van der Waals surface area contributed by atoms with Crippen molar-refractivity contribution in [1.29, 1.82) is 0 Å². The summed E-state index contributed by atoms with van der Waals surface area (Å²) in [5.74, 6) is 1.53. The number of unbranched alkanes of at least 4 members (excludes halogenated alkanes) is 5. The SMILES string of the molecule is CCCCCCCC[C@H](C)CCC[C@H](C)[C@H](C)OC1CCCCO1. The Morgan fingerprint density at radius 2 is 1.58 bits per heavy atom. The van der Waals surface area contributed by atoms with E-state index in [4.69, 9.17) is 9.47 Å². The molecule has 1 rings (SSSR count). The third-order valence-electron chi connectivity index (χ3n) is 5.71. The molecule has 0 amide bonds. The summed E-state index contributed by atoms with van der Waals surface area (Å²) >= 11 is 0. The lowest BCUT2D eigenvalue weighted by atomic mass is 9.92. The maximum absolute atomic E-state index is 6.10. The number of rotatable bonds is 14. The summed E-state index contributed by atoms with van der Waals surface area (Å²) in [7, 11) is 0. The molecule has 1 fully saturated rings. The van der Waals surface area contributed by atoms with Crippen LogP contribution in [-0.4, -0.2) is 19.0 Å². The zero-order valence-electron chi connectivity index (χ0n) is 17.0. The van der Waals surface area contributed by atoms with Gasteiger partial charge in [-0.1, -0.05) is 78.6 Å². The Morgan fingerprint density at radius 1 is 0.875 bits per heavy atom. The van der Waals surface area contributed by atoms with Gasteiger partial charge in [-0.2, -0.15) is 0 Å². The van der Waals surface area contributed by atoms with Gasteiger partial charge in [0.25, 0.3) is 0 Å². The molecule has 0 N–H and O–H groups in total. The highest BCUT2D eigenvalue weighted by Gasteiger charge is 2.20. The lowest BCUT2D eigenvalue weighted by Gasteiger charge is -2.29. The van der Waals surface area contributed by atoms with Crippen LogP contribution in [0.1, 0.15) is 111 Å². The van der Waals surface area contributed by atoms with Crippen molar-refractivity contribution in [2.45, 2.75) is 124 Å². The van der Waals surface area contributed by atoms with E-state index < -0.39 is 0 Å². The number of hydrogen-bond acceptors (Lipinski definition) is 2. The van der Waals surface area contributed by atoms with Crippen LogP contribution in [0, 0.1) is 11.8 Å². The van der Waals surface area contributed by atoms with Gasteiger partial charge in [-0.15, -0.1) is 0 Å². The summed E-state index contributed by atoms with van der Waals surface area (Å²) in [6.07, 6.45) is 17.8. The van der Waals surface area contributed by atoms with Gasteiger partial charge in [0.2, 0.25) is 0 Å². The first-order valence-electron chi connectivity index (χ1n) is 10.9. The highest BCUT2D eigenvalue weighted by atomic mass is 16.7. The van der Waals surface area contributed by atoms with Crippen LogP contribution in [0.25, 0.3) is 0 Å². The average molecular weight is 341 g/mol. The normalized spacial score (nSPS) is 22.2. The van der Waals surface area contributed by atoms with Gasteiger partial charge in [-0.25, -0.2) is 0 Å². The second-order valence-corrected chi connectivity index (χ2v) is 8.21. The molecule has 0 aromatic rings. The van der Waals surface area contributed by atoms with Crippen molar-refractivity contribution < 1.29 is 9.47 Å². The molecule has 0 spiro atoms. The number of hydrogen-bond donors (Lipinski definition) is 0. The second-order valence-electron chi connectivity index (χ2n) is 8.21. The molecular weight excluding hydrogens is 296 g/mol. The van der Waals surface area contributed by atoms with Gasteiger partial charge in [0.15, 0.2) is 6.29 Å². The predicted molar refractivity (Wildman–Crippen MR) is 104 cm³/mol. The summed E-state index contributed by atoms with van der Waals surface area (Å²) in [6, 6.07) is 0. The summed E-state index contributed by atoms with van der Waals surface area (Å²) in [6.45, 7) is 10.2. The Bertz CT molecular complexity index is 273. The van der Waals surface area contributed by atoms with Crippen LogP contribution < -0.4 is 0 Å². The molecule has 4 atom stereocenters. The summed E-state index contributed by atoms with van der Waals surface area (Å²) in [5.41, 5.74) is 0. The van der Waals surface area contributed by atoms with E-state index in [0.717, 1.165) is 18.9 Å². The fourth-order valence-corrected chi connectivity index (χ4v) is 3.63. The van der Waals surface area contributed by atoms with Crippen molar-refractivity contribution in [3.63, 3.8) is 0 Å². The molecule has 1 heterocycles. The lowest BCUT2D eigenvalue weighted by molar-refractivity contribution is -0.193. The Labute approximate surface area is 152 Å². The van der Waals surface area contributed by atoms with Crippen molar-refractivity contribution >= 4 is 0 Å². The van der Waals surface area contributed by atoms with Crippen LogP contribution in [0.2, 0.25) is 0 Å². The molecule has 0 aliphatic carbocycles. The van der Waals surface area contributed by atoms with E-state index in [1.165, 1.54) is 77.0 Å². The highest BCUT2D eigenvalue weighted by molar-refractivity contribution is 4.65. The monoisotopic (exact) mass is 340 g/mol. The van der Waals surface area contributed by atoms with E-state index in [0.29, 0.717) is 12.0 Å². The summed E-state index contributed by atoms with van der Waals surface area (Å²) in [4.78, 5) is 0. The predicted octanol–water partition coefficient (Wildman–Crippen LogP) is 7.11. The van der Waals surface area contributed by atoms with Gasteiger partial charge in [0, 0.05) is 6.61 Å². The first-order chi connectivity index (χ1) is 11.6. The van der Waals surface area contributed by atoms with Gasteiger partial charge in [0.1, 0.15) is 0 Å². The minimum atomic E-state index is 0.0582. The highest BCUT2D eigenvalue weighted by Crippen LogP contribution is 2.23. The molecule has 2 heteroatoms. The third-order valence-corrected chi connectivity index (χ3v) is 5.71. The van der Waals surface area contributed by atoms with Gasteiger partial charge in [0.05, 0.1) is 6.10 Å². The van der Waals surface area contributed by atoms with E-state index >= 15 is 0 Å². The Balaban J connectivity index is 1.99. The molecule has 1 saturated heterocycles. The van der Waals surface area contributed by atoms with E-state index in [1.807, 2.05) is 0 Å². The maximum atomic E-state index is 6.10. The largest absolute Gasteiger partial charge is 0.353 e. The van der Waals surface area contributed by atoms with Crippen LogP contribution in [0.5, 0.6) is 0 Å². The van der Waals surface area contributed by atoms with Gasteiger partial charge >= 0.3 is 0 Å². The zero-order chi connectivity index (χ0) is 17.6. The first-order valence-corrected chi connectivity index (χ1v) is 10.9. The van der Waals surface area contributed by atoms with Crippen molar-refractivity contribution in [1.82, 2.24) is 0 Å². The van der Waals surface area contributed by atoms with Gasteiger partial charge in [-0.3, -0.25) is 0 Å². The molecule has 1 aliphatic heterocycles. The van der Waals surface area contributed by atoms with Crippen LogP contribution in [-0.2, 0) is 9.47 Å². The minimum absolute atomic E-state index is 0.0582. The molecule has 144 valence electrons. The maximum Gasteiger partial charge on any atom is 0.157 e. The molecule has 0 saturated carbocycles. The van der Waals surface area contributed by atoms with Crippen molar-refractivity contribution in [2.24, 2.45) is 11.8 Å². The smallest absolute Gasteiger partial charge is 0.157 e. The second kappa shape index (κ2) is 14.1. The van der Waals surface area contributed by atoms with Gasteiger partial charge < -0.3 is 9.47 Å². The fourth-order valence-electron chi connectivity index (χ4n) is 3.63. The van der Waals surface area contributed by atoms with Crippen LogP contribution in [0.3, 0.4) is 0 Å². The molecular formula is C22H44O2. The molecule has 1 unspecified atom stereocenters. The standard InChI is InChI=1S/C22H44O2/c1-5-6-7-8-9-10-14-19(2)15-13-16-20(3)21(4)24-22-17-11-12-18-23-22/h19-22H,5-18H2,1-4H3/t19-,20-,21-,22?/m0/s1. The van der Waals surface area contributed by atoms with Crippen LogP contribution >= 0.6 is 0 Å². The molecule has 0 radical (unpaired) electrons. The first kappa shape index (κ1) is 22.0. The molecule has 2 nitrogen and oxygen atoms in total. The van der Waals surface area contributed by atoms with Gasteiger partial charge in [-0.05, 0) is 44.4 Å². The van der Waals surface area contributed by atoms with Crippen LogP contribution in [0.15, 0.2) is 0 Å². The Hall–Kier alpha value is -0.0800. The van der Waals surface area contributed by atoms with E-state index in [1.54, 1.807) is 0 Å². The molecule has 0 aromatic carbocycles. The lowest BCUT2D eigenvalue weighted by Crippen LogP contribution is -2.29. The van der Waals surface area contributed by atoms with Crippen molar-refractivity contribution in [3.8, 4) is 0 Å². The third kappa shape index (κ3) is 10.7. The van der Waals surface area contributed by atoms with E-state index in [2.05, 4.69) is 27.7 Å². The summed E-state index contributed by atoms with van der Waals surface area (Å²) < 4.78 is 11.8. The van der Waals surface area contributed by atoms with E-state index in [-0.39, 0.29) is 6.29 Å². The molecule has 24 heavy (non-hydrogen) atoms. The zero-order valence-corrected chi connectivity index (χ0v) is 17.0. The Morgan fingerprint density at radius 3 is 2.29 bits per heavy atom. The summed E-state index contributed by atoms with van der Waals surface area (Å²) in [5, 5.41) is 0. The minimum Gasteiger partial charge on any atom is -0.353 e. The van der Waals surface area contributed by atoms with E-state index in [9.17, 15) is 0 Å². The van der Waals surface area contributed by atoms with Crippen molar-refractivity contribution in [3.05, 3.63) is 0 Å². The molecule has 1 aliphatic rings. The Kier molecular flexibility index (Phi) is 12.9. The quantitative estimate of drug-likeness (QED) is 0.314.